The summed E-state index contributed by atoms with van der Waals surface area (Å²) < 4.78 is 5.34. The smallest absolute Gasteiger partial charge is 0.185 e. The van der Waals surface area contributed by atoms with Crippen LogP contribution >= 0.6 is 0 Å². The van der Waals surface area contributed by atoms with Crippen LogP contribution in [-0.2, 0) is 4.74 Å². The maximum Gasteiger partial charge on any atom is 0.185 e. The number of rotatable bonds is 6. The van der Waals surface area contributed by atoms with Crippen molar-refractivity contribution in [1.82, 2.24) is 0 Å². The fourth-order valence-corrected chi connectivity index (χ4v) is 0.741. The van der Waals surface area contributed by atoms with Crippen molar-refractivity contribution in [2.75, 3.05) is 13.2 Å². The molecule has 0 heterocycles. The number of ether oxygens (including phenoxy) is 1. The second kappa shape index (κ2) is 6.91. The minimum atomic E-state index is 0.166. The van der Waals surface area contributed by atoms with Crippen LogP contribution < -0.4 is 11.5 Å². The van der Waals surface area contributed by atoms with Gasteiger partial charge in [0.15, 0.2) is 5.96 Å². The van der Waals surface area contributed by atoms with Gasteiger partial charge in [0.05, 0.1) is 6.10 Å². The van der Waals surface area contributed by atoms with E-state index >= 15 is 0 Å². The van der Waals surface area contributed by atoms with Crippen molar-refractivity contribution in [3.05, 3.63) is 0 Å². The standard InChI is InChI=1S/C8H19N3O/c1-7(2)12-6-4-3-5-11-8(9)10/h7H,3-6H2,1-2H3,(H4,9,10,11). The zero-order valence-electron chi connectivity index (χ0n) is 7.92. The second-order valence-corrected chi connectivity index (χ2v) is 2.93. The van der Waals surface area contributed by atoms with E-state index in [4.69, 9.17) is 16.2 Å². The third-order valence-electron chi connectivity index (χ3n) is 1.30. The molecule has 72 valence electrons. The monoisotopic (exact) mass is 173 g/mol. The van der Waals surface area contributed by atoms with Gasteiger partial charge in [0, 0.05) is 13.2 Å². The second-order valence-electron chi connectivity index (χ2n) is 2.93. The lowest BCUT2D eigenvalue weighted by atomic mass is 10.3. The fourth-order valence-electron chi connectivity index (χ4n) is 0.741. The molecule has 0 fully saturated rings. The van der Waals surface area contributed by atoms with E-state index in [1.807, 2.05) is 13.8 Å². The number of hydrogen-bond acceptors (Lipinski definition) is 2. The highest BCUT2D eigenvalue weighted by Crippen LogP contribution is 1.94. The number of hydrogen-bond donors (Lipinski definition) is 2. The van der Waals surface area contributed by atoms with Gasteiger partial charge in [0.1, 0.15) is 0 Å². The van der Waals surface area contributed by atoms with Gasteiger partial charge in [-0.2, -0.15) is 0 Å². The molecule has 0 aromatic carbocycles. The third-order valence-corrected chi connectivity index (χ3v) is 1.30. The molecule has 0 rings (SSSR count). The average Bonchev–Trinajstić information content (AvgIpc) is 1.95. The first-order chi connectivity index (χ1) is 5.63. The Morgan fingerprint density at radius 3 is 2.50 bits per heavy atom. The van der Waals surface area contributed by atoms with Crippen LogP contribution in [0.2, 0.25) is 0 Å². The summed E-state index contributed by atoms with van der Waals surface area (Å²) in [6, 6.07) is 0. The Balaban J connectivity index is 3.06. The molecular weight excluding hydrogens is 154 g/mol. The Labute approximate surface area is 74.0 Å². The van der Waals surface area contributed by atoms with E-state index < -0.39 is 0 Å². The molecule has 0 atom stereocenters. The van der Waals surface area contributed by atoms with E-state index in [1.54, 1.807) is 0 Å². The van der Waals surface area contributed by atoms with E-state index in [1.165, 1.54) is 0 Å². The predicted molar refractivity (Wildman–Crippen MR) is 51.0 cm³/mol. The summed E-state index contributed by atoms with van der Waals surface area (Å²) in [7, 11) is 0. The Bertz CT molecular complexity index is 130. The Hall–Kier alpha value is -0.770. The zero-order valence-corrected chi connectivity index (χ0v) is 7.92. The van der Waals surface area contributed by atoms with Gasteiger partial charge in [-0.05, 0) is 26.7 Å². The molecule has 12 heavy (non-hydrogen) atoms. The number of guanidine groups is 1. The van der Waals surface area contributed by atoms with Crippen LogP contribution in [0.1, 0.15) is 26.7 Å². The predicted octanol–water partition coefficient (Wildman–Crippen LogP) is 0.465. The van der Waals surface area contributed by atoms with Crippen molar-refractivity contribution < 1.29 is 4.74 Å². The highest BCUT2D eigenvalue weighted by Gasteiger charge is 1.92. The van der Waals surface area contributed by atoms with Crippen molar-refractivity contribution in [2.45, 2.75) is 32.8 Å². The van der Waals surface area contributed by atoms with Crippen LogP contribution in [-0.4, -0.2) is 25.2 Å². The zero-order chi connectivity index (χ0) is 9.40. The van der Waals surface area contributed by atoms with E-state index in [2.05, 4.69) is 4.99 Å². The van der Waals surface area contributed by atoms with Crippen molar-refractivity contribution in [3.63, 3.8) is 0 Å². The topological polar surface area (TPSA) is 73.6 Å². The average molecular weight is 173 g/mol. The molecule has 0 aliphatic carbocycles. The van der Waals surface area contributed by atoms with Gasteiger partial charge < -0.3 is 16.2 Å². The van der Waals surface area contributed by atoms with Crippen molar-refractivity contribution in [3.8, 4) is 0 Å². The lowest BCUT2D eigenvalue weighted by Crippen LogP contribution is -2.23. The van der Waals surface area contributed by atoms with Crippen LogP contribution in [0.15, 0.2) is 4.99 Å². The van der Waals surface area contributed by atoms with E-state index in [9.17, 15) is 0 Å². The lowest BCUT2D eigenvalue weighted by molar-refractivity contribution is 0.0764. The number of unbranched alkanes of at least 4 members (excludes halogenated alkanes) is 1. The molecule has 0 aromatic heterocycles. The maximum absolute atomic E-state index is 5.34. The molecule has 0 saturated heterocycles. The Morgan fingerprint density at radius 2 is 2.00 bits per heavy atom. The van der Waals surface area contributed by atoms with Gasteiger partial charge >= 0.3 is 0 Å². The summed E-state index contributed by atoms with van der Waals surface area (Å²) in [6.45, 7) is 5.54. The highest BCUT2D eigenvalue weighted by atomic mass is 16.5. The highest BCUT2D eigenvalue weighted by molar-refractivity contribution is 5.75. The largest absolute Gasteiger partial charge is 0.379 e. The first kappa shape index (κ1) is 11.2. The normalized spacial score (nSPS) is 10.2. The maximum atomic E-state index is 5.34. The minimum absolute atomic E-state index is 0.166. The Kier molecular flexibility index (Phi) is 6.47. The molecule has 0 aromatic rings. The molecule has 0 unspecified atom stereocenters. The quantitative estimate of drug-likeness (QED) is 0.348. The summed E-state index contributed by atoms with van der Waals surface area (Å²) >= 11 is 0. The molecule has 0 amide bonds. The molecule has 0 saturated carbocycles. The first-order valence-corrected chi connectivity index (χ1v) is 4.30. The molecule has 0 radical (unpaired) electrons. The third kappa shape index (κ3) is 9.23. The van der Waals surface area contributed by atoms with Crippen LogP contribution in [0.25, 0.3) is 0 Å². The number of nitrogens with two attached hydrogens (primary N) is 2. The first-order valence-electron chi connectivity index (χ1n) is 4.30. The summed E-state index contributed by atoms with van der Waals surface area (Å²) in [5.41, 5.74) is 10.3. The van der Waals surface area contributed by atoms with Crippen LogP contribution in [0.3, 0.4) is 0 Å². The molecule has 4 N–H and O–H groups in total. The Morgan fingerprint density at radius 1 is 1.33 bits per heavy atom. The van der Waals surface area contributed by atoms with Gasteiger partial charge in [0.2, 0.25) is 0 Å². The van der Waals surface area contributed by atoms with Gasteiger partial charge in [0.25, 0.3) is 0 Å². The number of nitrogens with zero attached hydrogens (tertiary/aromatic N) is 1. The fraction of sp³-hybridized carbons (Fsp3) is 0.875. The molecular formula is C8H19N3O. The lowest BCUT2D eigenvalue weighted by Gasteiger charge is -2.05. The molecule has 0 aliphatic heterocycles. The summed E-state index contributed by atoms with van der Waals surface area (Å²) in [5.74, 6) is 0.166. The van der Waals surface area contributed by atoms with Crippen LogP contribution in [0.5, 0.6) is 0 Å². The van der Waals surface area contributed by atoms with Crippen molar-refractivity contribution >= 4 is 5.96 Å². The van der Waals surface area contributed by atoms with Gasteiger partial charge in [-0.15, -0.1) is 0 Å². The summed E-state index contributed by atoms with van der Waals surface area (Å²) in [6.07, 6.45) is 2.30. The molecule has 4 heteroatoms. The van der Waals surface area contributed by atoms with Gasteiger partial charge in [-0.25, -0.2) is 0 Å². The molecule has 0 aliphatic rings. The van der Waals surface area contributed by atoms with Gasteiger partial charge in [-0.3, -0.25) is 4.99 Å². The minimum Gasteiger partial charge on any atom is -0.379 e. The van der Waals surface area contributed by atoms with Crippen molar-refractivity contribution in [2.24, 2.45) is 16.5 Å². The van der Waals surface area contributed by atoms with Crippen LogP contribution in [0, 0.1) is 0 Å². The van der Waals surface area contributed by atoms with Gasteiger partial charge in [-0.1, -0.05) is 0 Å². The molecule has 0 bridgehead atoms. The summed E-state index contributed by atoms with van der Waals surface area (Å²) in [5, 5.41) is 0. The van der Waals surface area contributed by atoms with Crippen LogP contribution in [0.4, 0.5) is 0 Å². The summed E-state index contributed by atoms with van der Waals surface area (Å²) in [4.78, 5) is 3.86. The van der Waals surface area contributed by atoms with E-state index in [-0.39, 0.29) is 5.96 Å². The molecule has 4 nitrogen and oxygen atoms in total. The SMILES string of the molecule is CC(C)OCCCCN=C(N)N. The number of aliphatic imine (C=N–C) groups is 1. The van der Waals surface area contributed by atoms with E-state index in [0.717, 1.165) is 19.4 Å². The van der Waals surface area contributed by atoms with Crippen molar-refractivity contribution in [1.29, 1.82) is 0 Å². The van der Waals surface area contributed by atoms with E-state index in [0.29, 0.717) is 12.6 Å². The molecule has 0 spiro atoms.